The number of aromatic nitrogens is 1. The smallest absolute Gasteiger partial charge is 0.407 e. The Kier molecular flexibility index (Phi) is 7.31. The number of hydrogen-bond acceptors (Lipinski definition) is 8. The molecule has 1 aromatic heterocycles. The van der Waals surface area contributed by atoms with Crippen LogP contribution < -0.4 is 15.6 Å². The monoisotopic (exact) mass is 632 g/mol. The van der Waals surface area contributed by atoms with Gasteiger partial charge in [-0.3, -0.25) is 9.59 Å². The first-order chi connectivity index (χ1) is 20.8. The molecule has 3 fully saturated rings. The predicted octanol–water partition coefficient (Wildman–Crippen LogP) is 2.33. The summed E-state index contributed by atoms with van der Waals surface area (Å²) in [6, 6.07) is -0.0701. The first-order valence-electron chi connectivity index (χ1n) is 14.3. The number of ether oxygens (including phenoxy) is 1. The Morgan fingerprint density at radius 3 is 2.50 bits per heavy atom. The molecule has 4 N–H and O–H groups in total. The highest BCUT2D eigenvalue weighted by atomic mass is 35.5. The summed E-state index contributed by atoms with van der Waals surface area (Å²) in [5.74, 6) is -5.22. The van der Waals surface area contributed by atoms with Crippen LogP contribution in [-0.2, 0) is 14.3 Å². The number of carbonyl (C=O) groups is 4. The number of pyridine rings is 1. The van der Waals surface area contributed by atoms with E-state index in [0.29, 0.717) is 13.0 Å². The van der Waals surface area contributed by atoms with E-state index in [0.717, 1.165) is 23.8 Å². The number of alkyl carbamates (subject to hydrolysis) is 1. The lowest BCUT2D eigenvalue weighted by Crippen LogP contribution is -2.63. The SMILES string of the molecule is CC1C(COC(=O)NC2CCN(c3c(F)cc4c(=O)c(C(=O)O)cn(C5CC5)c4c3Cl)C2)=C(C(=O)O)N2C(=O)[C@H]([C@H](C)O)[C@H]12. The number of aliphatic carboxylic acids is 1. The Balaban J connectivity index is 1.17. The Bertz CT molecular complexity index is 1720. The maximum Gasteiger partial charge on any atom is 0.407 e. The van der Waals surface area contributed by atoms with Crippen LogP contribution in [0.2, 0.25) is 5.02 Å². The Morgan fingerprint density at radius 2 is 1.89 bits per heavy atom. The number of amides is 2. The zero-order valence-corrected chi connectivity index (χ0v) is 24.5. The third-order valence-corrected chi connectivity index (χ3v) is 9.42. The van der Waals surface area contributed by atoms with Crippen LogP contribution in [0.25, 0.3) is 10.9 Å². The molecule has 2 amide bonds. The van der Waals surface area contributed by atoms with E-state index in [1.165, 1.54) is 13.1 Å². The van der Waals surface area contributed by atoms with Gasteiger partial charge in [0.05, 0.1) is 45.7 Å². The highest BCUT2D eigenvalue weighted by molar-refractivity contribution is 6.38. The van der Waals surface area contributed by atoms with E-state index < -0.39 is 70.8 Å². The number of rotatable bonds is 8. The van der Waals surface area contributed by atoms with Crippen molar-refractivity contribution in [2.24, 2.45) is 11.8 Å². The topological polar surface area (TPSA) is 179 Å². The van der Waals surface area contributed by atoms with Gasteiger partial charge in [0.1, 0.15) is 23.7 Å². The Morgan fingerprint density at radius 1 is 1.18 bits per heavy atom. The van der Waals surface area contributed by atoms with Gasteiger partial charge in [0, 0.05) is 36.8 Å². The molecule has 1 aliphatic carbocycles. The number of aromatic carboxylic acids is 1. The number of β-lactam (4-membered cyclic amide) rings is 1. The normalized spacial score (nSPS) is 25.2. The lowest BCUT2D eigenvalue weighted by Gasteiger charge is -2.46. The molecular formula is C29H30ClFN4O9. The van der Waals surface area contributed by atoms with E-state index in [1.54, 1.807) is 16.4 Å². The highest BCUT2D eigenvalue weighted by Crippen LogP contribution is 2.47. The summed E-state index contributed by atoms with van der Waals surface area (Å²) in [6.45, 7) is 3.27. The standard InChI is InChI=1S/C29H30ClFN4O9/c1-11-17(23(28(41)42)35-21(11)19(12(2)36)26(35)38)10-44-29(43)32-13-5-6-33(8-13)24-18(31)7-15-22(20(24)30)34(14-3-4-14)9-16(25(15)37)27(39)40/h7,9,11-14,19,21,36H,3-6,8,10H2,1-2H3,(H,32,43)(H,39,40)(H,41,42)/t11?,12-,13?,19+,21-/m0/s1. The molecule has 5 atom stereocenters. The predicted molar refractivity (Wildman–Crippen MR) is 153 cm³/mol. The second-order valence-electron chi connectivity index (χ2n) is 11.8. The number of halogens is 2. The van der Waals surface area contributed by atoms with Gasteiger partial charge in [0.2, 0.25) is 11.3 Å². The molecule has 3 aliphatic heterocycles. The molecule has 44 heavy (non-hydrogen) atoms. The average molecular weight is 633 g/mol. The summed E-state index contributed by atoms with van der Waals surface area (Å²) < 4.78 is 22.4. The third-order valence-electron chi connectivity index (χ3n) is 9.06. The summed E-state index contributed by atoms with van der Waals surface area (Å²) >= 11 is 6.71. The van der Waals surface area contributed by atoms with Gasteiger partial charge in [0.25, 0.3) is 0 Å². The summed E-state index contributed by atoms with van der Waals surface area (Å²) in [6.07, 6.45) is 1.38. The summed E-state index contributed by atoms with van der Waals surface area (Å²) in [5.41, 5.74) is -0.981. The highest BCUT2D eigenvalue weighted by Gasteiger charge is 2.60. The van der Waals surface area contributed by atoms with Crippen molar-refractivity contribution in [3.63, 3.8) is 0 Å². The second kappa shape index (κ2) is 10.8. The minimum atomic E-state index is -1.41. The summed E-state index contributed by atoms with van der Waals surface area (Å²) in [5, 5.41) is 31.8. The number of benzene rings is 1. The van der Waals surface area contributed by atoms with Crippen LogP contribution in [0.5, 0.6) is 0 Å². The van der Waals surface area contributed by atoms with Gasteiger partial charge in [-0.25, -0.2) is 18.8 Å². The number of nitrogens with zero attached hydrogens (tertiary/aromatic N) is 3. The molecule has 0 radical (unpaired) electrons. The third kappa shape index (κ3) is 4.67. The molecule has 15 heteroatoms. The van der Waals surface area contributed by atoms with E-state index in [4.69, 9.17) is 16.3 Å². The van der Waals surface area contributed by atoms with Crippen LogP contribution >= 0.6 is 11.6 Å². The van der Waals surface area contributed by atoms with Gasteiger partial charge < -0.3 is 39.7 Å². The minimum Gasteiger partial charge on any atom is -0.477 e. The van der Waals surface area contributed by atoms with Crippen molar-refractivity contribution in [3.8, 4) is 0 Å². The van der Waals surface area contributed by atoms with Crippen LogP contribution in [0.3, 0.4) is 0 Å². The lowest BCUT2D eigenvalue weighted by molar-refractivity contribution is -0.163. The van der Waals surface area contributed by atoms with Gasteiger partial charge in [-0.05, 0) is 32.3 Å². The maximum absolute atomic E-state index is 15.5. The van der Waals surface area contributed by atoms with Crippen LogP contribution in [-0.4, -0.2) is 86.6 Å². The zero-order chi connectivity index (χ0) is 31.8. The van der Waals surface area contributed by atoms with Crippen molar-refractivity contribution in [2.75, 3.05) is 24.6 Å². The fourth-order valence-electron chi connectivity index (χ4n) is 6.78. The number of fused-ring (bicyclic) bond motifs is 2. The number of carboxylic acid groups (broad SMARTS) is 2. The molecule has 1 aromatic carbocycles. The zero-order valence-electron chi connectivity index (χ0n) is 23.8. The minimum absolute atomic E-state index is 0.0257. The van der Waals surface area contributed by atoms with E-state index in [9.17, 15) is 39.3 Å². The number of carbonyl (C=O) groups excluding carboxylic acids is 2. The van der Waals surface area contributed by atoms with Gasteiger partial charge in [-0.15, -0.1) is 0 Å². The van der Waals surface area contributed by atoms with Crippen LogP contribution in [0, 0.1) is 17.7 Å². The number of aliphatic hydroxyl groups excluding tert-OH is 1. The summed E-state index contributed by atoms with van der Waals surface area (Å²) in [4.78, 5) is 64.5. The van der Waals surface area contributed by atoms with Crippen molar-refractivity contribution in [1.82, 2.24) is 14.8 Å². The molecule has 2 unspecified atom stereocenters. The Labute approximate surface area is 254 Å². The number of hydrogen-bond donors (Lipinski definition) is 4. The number of nitrogens with one attached hydrogen (secondary N) is 1. The van der Waals surface area contributed by atoms with E-state index in [2.05, 4.69) is 5.32 Å². The molecule has 0 spiro atoms. The summed E-state index contributed by atoms with van der Waals surface area (Å²) in [7, 11) is 0. The molecule has 4 aliphatic rings. The molecule has 234 valence electrons. The molecule has 4 heterocycles. The fourth-order valence-corrected chi connectivity index (χ4v) is 7.19. The van der Waals surface area contributed by atoms with Crippen molar-refractivity contribution < 1.29 is 43.6 Å². The van der Waals surface area contributed by atoms with Crippen molar-refractivity contribution in [1.29, 1.82) is 0 Å². The van der Waals surface area contributed by atoms with Crippen molar-refractivity contribution >= 4 is 52.1 Å². The molecule has 2 aromatic rings. The fraction of sp³-hybridized carbons (Fsp3) is 0.483. The molecular weight excluding hydrogens is 603 g/mol. The van der Waals surface area contributed by atoms with E-state index in [-0.39, 0.29) is 52.1 Å². The van der Waals surface area contributed by atoms with Crippen molar-refractivity contribution in [3.05, 3.63) is 50.2 Å². The van der Waals surface area contributed by atoms with Gasteiger partial charge in [-0.1, -0.05) is 18.5 Å². The molecule has 6 rings (SSSR count). The van der Waals surface area contributed by atoms with Gasteiger partial charge >= 0.3 is 18.0 Å². The van der Waals surface area contributed by atoms with Crippen LogP contribution in [0.1, 0.15) is 49.5 Å². The first kappa shape index (κ1) is 29.9. The average Bonchev–Trinajstić information content (AvgIpc) is 3.63. The van der Waals surface area contributed by atoms with Crippen LogP contribution in [0.15, 0.2) is 28.3 Å². The van der Waals surface area contributed by atoms with Gasteiger partial charge in [-0.2, -0.15) is 0 Å². The largest absolute Gasteiger partial charge is 0.477 e. The quantitative estimate of drug-likeness (QED) is 0.316. The molecule has 1 saturated carbocycles. The molecule has 13 nitrogen and oxygen atoms in total. The second-order valence-corrected chi connectivity index (χ2v) is 12.2. The number of aliphatic hydroxyl groups is 1. The molecule has 0 bridgehead atoms. The van der Waals surface area contributed by atoms with Gasteiger partial charge in [0.15, 0.2) is 0 Å². The number of anilines is 1. The first-order valence-corrected chi connectivity index (χ1v) is 14.6. The van der Waals surface area contributed by atoms with Crippen LogP contribution in [0.4, 0.5) is 14.9 Å². The van der Waals surface area contributed by atoms with Crippen molar-refractivity contribution in [2.45, 2.75) is 57.3 Å². The maximum atomic E-state index is 15.5. The Hall–Kier alpha value is -4.17. The lowest BCUT2D eigenvalue weighted by atomic mass is 9.78. The van der Waals surface area contributed by atoms with E-state index >= 15 is 4.39 Å². The number of carboxylic acids is 2. The van der Waals surface area contributed by atoms with E-state index in [1.807, 2.05) is 0 Å². The molecule has 2 saturated heterocycles.